The number of amides is 3. The van der Waals surface area contributed by atoms with Gasteiger partial charge in [0.05, 0.1) is 11.2 Å². The van der Waals surface area contributed by atoms with Gasteiger partial charge in [-0.15, -0.1) is 0 Å². The van der Waals surface area contributed by atoms with E-state index >= 15 is 0 Å². The Labute approximate surface area is 221 Å². The molecule has 1 N–H and O–H groups in total. The summed E-state index contributed by atoms with van der Waals surface area (Å²) in [6.07, 6.45) is 1.28. The lowest BCUT2D eigenvalue weighted by Gasteiger charge is -2.36. The molecule has 2 aromatic carbocycles. The first-order chi connectivity index (χ1) is 18.1. The average molecular weight is 540 g/mol. The fourth-order valence-corrected chi connectivity index (χ4v) is 5.41. The van der Waals surface area contributed by atoms with Crippen molar-refractivity contribution in [3.63, 3.8) is 0 Å². The largest absolute Gasteiger partial charge is 0.484 e. The van der Waals surface area contributed by atoms with Crippen molar-refractivity contribution < 1.29 is 32.0 Å². The Morgan fingerprint density at radius 2 is 1.47 bits per heavy atom. The molecule has 3 aromatic rings. The van der Waals surface area contributed by atoms with Crippen LogP contribution in [0.2, 0.25) is 0 Å². The second kappa shape index (κ2) is 11.5. The van der Waals surface area contributed by atoms with Crippen molar-refractivity contribution in [3.8, 4) is 5.75 Å². The smallest absolute Gasteiger partial charge is 0.288 e. The van der Waals surface area contributed by atoms with E-state index < -0.39 is 27.0 Å². The molecule has 0 spiro atoms. The van der Waals surface area contributed by atoms with Crippen molar-refractivity contribution in [1.82, 2.24) is 15.1 Å². The molecule has 0 aliphatic carbocycles. The molecule has 11 heteroatoms. The van der Waals surface area contributed by atoms with E-state index in [4.69, 9.17) is 9.15 Å². The maximum atomic E-state index is 13.5. The number of sulfone groups is 1. The zero-order valence-electron chi connectivity index (χ0n) is 21.1. The predicted octanol–water partition coefficient (Wildman–Crippen LogP) is 2.18. The number of carbonyl (C=O) groups is 3. The Bertz CT molecular complexity index is 1380. The molecule has 4 rings (SSSR count). The normalized spacial score (nSPS) is 14.6. The second-order valence-electron chi connectivity index (χ2n) is 9.00. The number of furan rings is 1. The maximum Gasteiger partial charge on any atom is 0.288 e. The summed E-state index contributed by atoms with van der Waals surface area (Å²) in [7, 11) is -4.29. The monoisotopic (exact) mass is 539 g/mol. The Kier molecular flexibility index (Phi) is 8.16. The number of piperazine rings is 1. The first-order valence-electron chi connectivity index (χ1n) is 12.1. The van der Waals surface area contributed by atoms with Gasteiger partial charge in [-0.1, -0.05) is 35.4 Å². The van der Waals surface area contributed by atoms with Crippen molar-refractivity contribution in [2.24, 2.45) is 0 Å². The Hall–Kier alpha value is -4.12. The van der Waals surface area contributed by atoms with Gasteiger partial charge in [-0.05, 0) is 50.2 Å². The summed E-state index contributed by atoms with van der Waals surface area (Å²) < 4.78 is 37.6. The number of rotatable bonds is 8. The highest BCUT2D eigenvalue weighted by molar-refractivity contribution is 7.92. The SMILES string of the molecule is Cc1ccc(OCC(=O)N2CCN(C(=O)[C@H](NC(=O)c3ccco3)S(=O)(=O)c3ccc(C)cc3)CC2)cc1. The van der Waals surface area contributed by atoms with E-state index in [1.165, 1.54) is 35.4 Å². The van der Waals surface area contributed by atoms with Gasteiger partial charge in [0.15, 0.2) is 12.4 Å². The van der Waals surface area contributed by atoms with E-state index in [0.717, 1.165) is 11.1 Å². The first-order valence-corrected chi connectivity index (χ1v) is 13.6. The molecule has 0 radical (unpaired) electrons. The number of hydrogen-bond acceptors (Lipinski definition) is 7. The Morgan fingerprint density at radius 3 is 2.05 bits per heavy atom. The highest BCUT2D eigenvalue weighted by atomic mass is 32.2. The van der Waals surface area contributed by atoms with Gasteiger partial charge in [-0.3, -0.25) is 14.4 Å². The molecular weight excluding hydrogens is 510 g/mol. The van der Waals surface area contributed by atoms with Gasteiger partial charge >= 0.3 is 0 Å². The molecule has 2 heterocycles. The summed E-state index contributed by atoms with van der Waals surface area (Å²) in [5, 5.41) is 0.468. The molecule has 0 bridgehead atoms. The first kappa shape index (κ1) is 26.9. The van der Waals surface area contributed by atoms with Crippen molar-refractivity contribution in [1.29, 1.82) is 0 Å². The van der Waals surface area contributed by atoms with Gasteiger partial charge in [-0.2, -0.15) is 0 Å². The van der Waals surface area contributed by atoms with E-state index in [1.54, 1.807) is 29.2 Å². The fourth-order valence-electron chi connectivity index (χ4n) is 3.95. The van der Waals surface area contributed by atoms with Crippen LogP contribution >= 0.6 is 0 Å². The fraction of sp³-hybridized carbons (Fsp3) is 0.296. The number of ether oxygens (including phenoxy) is 1. The summed E-state index contributed by atoms with van der Waals surface area (Å²) in [4.78, 5) is 41.6. The summed E-state index contributed by atoms with van der Waals surface area (Å²) in [6, 6.07) is 16.2. The lowest BCUT2D eigenvalue weighted by molar-refractivity contribution is -0.140. The number of benzene rings is 2. The van der Waals surface area contributed by atoms with Crippen molar-refractivity contribution >= 4 is 27.6 Å². The van der Waals surface area contributed by atoms with Crippen LogP contribution in [0.15, 0.2) is 76.2 Å². The van der Waals surface area contributed by atoms with Gasteiger partial charge in [0.1, 0.15) is 5.75 Å². The minimum atomic E-state index is -4.29. The molecule has 1 fully saturated rings. The molecule has 0 saturated carbocycles. The molecule has 1 saturated heterocycles. The average Bonchev–Trinajstić information content (AvgIpc) is 3.46. The van der Waals surface area contributed by atoms with E-state index in [1.807, 2.05) is 26.0 Å². The van der Waals surface area contributed by atoms with Gasteiger partial charge in [-0.25, -0.2) is 8.42 Å². The van der Waals surface area contributed by atoms with E-state index in [2.05, 4.69) is 5.32 Å². The van der Waals surface area contributed by atoms with Crippen LogP contribution in [0.4, 0.5) is 0 Å². The minimum absolute atomic E-state index is 0.0942. The molecular formula is C27H29N3O7S. The standard InChI is InChI=1S/C27H29N3O7S/c1-19-5-9-21(10-6-19)37-18-24(31)29-13-15-30(16-14-29)27(33)26(28-25(32)23-4-3-17-36-23)38(34,35)22-11-7-20(2)8-12-22/h3-12,17,26H,13-16,18H2,1-2H3,(H,28,32)/t26-/m1/s1. The van der Waals surface area contributed by atoms with Crippen LogP contribution in [0.1, 0.15) is 21.7 Å². The van der Waals surface area contributed by atoms with Crippen LogP contribution in [0.25, 0.3) is 0 Å². The van der Waals surface area contributed by atoms with E-state index in [0.29, 0.717) is 5.75 Å². The van der Waals surface area contributed by atoms with Gasteiger partial charge in [0.2, 0.25) is 15.2 Å². The molecule has 1 aliphatic heterocycles. The van der Waals surface area contributed by atoms with Crippen molar-refractivity contribution in [3.05, 3.63) is 83.8 Å². The molecule has 38 heavy (non-hydrogen) atoms. The van der Waals surface area contributed by atoms with E-state index in [9.17, 15) is 22.8 Å². The van der Waals surface area contributed by atoms with Gasteiger partial charge < -0.3 is 24.3 Å². The quantitative estimate of drug-likeness (QED) is 0.465. The number of carbonyl (C=O) groups excluding carboxylic acids is 3. The van der Waals surface area contributed by atoms with Crippen LogP contribution in [-0.2, 0) is 19.4 Å². The number of nitrogens with one attached hydrogen (secondary N) is 1. The predicted molar refractivity (Wildman–Crippen MR) is 138 cm³/mol. The third-order valence-electron chi connectivity index (χ3n) is 6.22. The van der Waals surface area contributed by atoms with Crippen LogP contribution in [0.5, 0.6) is 5.75 Å². The number of nitrogens with zero attached hydrogens (tertiary/aromatic N) is 2. The van der Waals surface area contributed by atoms with E-state index in [-0.39, 0.29) is 49.3 Å². The molecule has 10 nitrogen and oxygen atoms in total. The van der Waals surface area contributed by atoms with Gasteiger partial charge in [0, 0.05) is 26.2 Å². The Balaban J connectivity index is 1.44. The minimum Gasteiger partial charge on any atom is -0.484 e. The molecule has 3 amide bonds. The second-order valence-corrected chi connectivity index (χ2v) is 11.0. The molecule has 1 atom stereocenters. The summed E-state index contributed by atoms with van der Waals surface area (Å²) in [5.74, 6) is -1.40. The lowest BCUT2D eigenvalue weighted by atomic mass is 10.2. The highest BCUT2D eigenvalue weighted by Crippen LogP contribution is 2.19. The van der Waals surface area contributed by atoms with Crippen molar-refractivity contribution in [2.45, 2.75) is 24.1 Å². The van der Waals surface area contributed by atoms with Crippen LogP contribution in [-0.4, -0.2) is 74.1 Å². The topological polar surface area (TPSA) is 126 Å². The summed E-state index contributed by atoms with van der Waals surface area (Å²) in [6.45, 7) is 4.22. The van der Waals surface area contributed by atoms with Crippen molar-refractivity contribution in [2.75, 3.05) is 32.8 Å². The molecule has 1 aliphatic rings. The zero-order chi connectivity index (χ0) is 27.3. The molecule has 200 valence electrons. The van der Waals surface area contributed by atoms with Gasteiger partial charge in [0.25, 0.3) is 17.7 Å². The van der Waals surface area contributed by atoms with Crippen LogP contribution < -0.4 is 10.1 Å². The van der Waals surface area contributed by atoms with Crippen LogP contribution in [0.3, 0.4) is 0 Å². The highest BCUT2D eigenvalue weighted by Gasteiger charge is 2.40. The Morgan fingerprint density at radius 1 is 0.895 bits per heavy atom. The lowest BCUT2D eigenvalue weighted by Crippen LogP contribution is -2.58. The summed E-state index contributed by atoms with van der Waals surface area (Å²) >= 11 is 0. The molecule has 0 unspecified atom stereocenters. The third-order valence-corrected chi connectivity index (χ3v) is 8.09. The third kappa shape index (κ3) is 6.23. The zero-order valence-corrected chi connectivity index (χ0v) is 21.9. The van der Waals surface area contributed by atoms with Crippen LogP contribution in [0, 0.1) is 13.8 Å². The number of aryl methyl sites for hydroxylation is 2. The molecule has 1 aromatic heterocycles. The number of hydrogen-bond donors (Lipinski definition) is 1. The maximum absolute atomic E-state index is 13.5. The summed E-state index contributed by atoms with van der Waals surface area (Å²) in [5.41, 5.74) is 1.92.